The zero-order valence-corrected chi connectivity index (χ0v) is 15.5. The van der Waals surface area contributed by atoms with E-state index >= 15 is 0 Å². The van der Waals surface area contributed by atoms with E-state index in [1.807, 2.05) is 0 Å². The Morgan fingerprint density at radius 1 is 1.12 bits per heavy atom. The monoisotopic (exact) mass is 377 g/mol. The molecule has 0 heterocycles. The molecule has 26 heavy (non-hydrogen) atoms. The number of anilines is 1. The minimum atomic E-state index is -0.975. The number of ether oxygens (including phenoxy) is 3. The van der Waals surface area contributed by atoms with Gasteiger partial charge in [-0.15, -0.1) is 0 Å². The summed E-state index contributed by atoms with van der Waals surface area (Å²) in [6.45, 7) is 1.50. The van der Waals surface area contributed by atoms with Crippen molar-refractivity contribution in [2.45, 2.75) is 19.4 Å². The smallest absolute Gasteiger partial charge is 0.311 e. The molecule has 0 aliphatic rings. The minimum absolute atomic E-state index is 0.0370. The fourth-order valence-electron chi connectivity index (χ4n) is 2.25. The van der Waals surface area contributed by atoms with Crippen LogP contribution >= 0.6 is 11.6 Å². The zero-order chi connectivity index (χ0) is 19.1. The summed E-state index contributed by atoms with van der Waals surface area (Å²) in [4.78, 5) is 24.3. The first-order valence-corrected chi connectivity index (χ1v) is 8.27. The van der Waals surface area contributed by atoms with Gasteiger partial charge in [-0.1, -0.05) is 23.7 Å². The van der Waals surface area contributed by atoms with Crippen LogP contribution in [0.25, 0.3) is 0 Å². The summed E-state index contributed by atoms with van der Waals surface area (Å²) in [7, 11) is 3.03. The first-order valence-electron chi connectivity index (χ1n) is 7.89. The molecular weight excluding hydrogens is 358 g/mol. The first kappa shape index (κ1) is 19.6. The van der Waals surface area contributed by atoms with Crippen LogP contribution in [-0.2, 0) is 20.7 Å². The van der Waals surface area contributed by atoms with E-state index in [1.54, 1.807) is 49.6 Å². The molecule has 1 amide bonds. The predicted octanol–water partition coefficient (Wildman–Crippen LogP) is 3.47. The lowest BCUT2D eigenvalue weighted by Crippen LogP contribution is -2.30. The molecule has 7 heteroatoms. The van der Waals surface area contributed by atoms with Gasteiger partial charge >= 0.3 is 5.97 Å². The van der Waals surface area contributed by atoms with Crippen LogP contribution in [0.1, 0.15) is 12.5 Å². The third-order valence-electron chi connectivity index (χ3n) is 3.58. The number of hydrogen-bond donors (Lipinski definition) is 1. The number of hydrogen-bond acceptors (Lipinski definition) is 5. The van der Waals surface area contributed by atoms with E-state index in [0.717, 1.165) is 5.56 Å². The van der Waals surface area contributed by atoms with Gasteiger partial charge in [0.25, 0.3) is 5.91 Å². The number of nitrogens with one attached hydrogen (secondary N) is 1. The molecule has 0 aromatic heterocycles. The second-order valence-electron chi connectivity index (χ2n) is 5.49. The molecule has 2 rings (SSSR count). The van der Waals surface area contributed by atoms with Crippen molar-refractivity contribution in [2.24, 2.45) is 0 Å². The van der Waals surface area contributed by atoms with Crippen LogP contribution in [0.15, 0.2) is 42.5 Å². The molecule has 0 unspecified atom stereocenters. The molecule has 2 aromatic carbocycles. The molecule has 6 nitrogen and oxygen atoms in total. The molecule has 138 valence electrons. The normalized spacial score (nSPS) is 11.4. The maximum atomic E-state index is 12.3. The molecule has 0 saturated heterocycles. The Hall–Kier alpha value is -2.73. The van der Waals surface area contributed by atoms with Crippen LogP contribution in [-0.4, -0.2) is 32.2 Å². The molecule has 0 fully saturated rings. The number of benzene rings is 2. The summed E-state index contributed by atoms with van der Waals surface area (Å²) in [6, 6.07) is 11.9. The van der Waals surface area contributed by atoms with Gasteiger partial charge in [0.2, 0.25) is 0 Å². The van der Waals surface area contributed by atoms with Gasteiger partial charge in [0.05, 0.1) is 26.3 Å². The number of esters is 1. The van der Waals surface area contributed by atoms with Crippen LogP contribution in [0.3, 0.4) is 0 Å². The van der Waals surface area contributed by atoms with Crippen molar-refractivity contribution < 1.29 is 23.8 Å². The molecule has 0 radical (unpaired) electrons. The Morgan fingerprint density at radius 3 is 2.58 bits per heavy atom. The molecule has 0 spiro atoms. The fourth-order valence-corrected chi connectivity index (χ4v) is 2.43. The summed E-state index contributed by atoms with van der Waals surface area (Å²) in [5, 5.41) is 3.09. The number of halogens is 1. The van der Waals surface area contributed by atoms with Crippen LogP contribution < -0.4 is 14.8 Å². The van der Waals surface area contributed by atoms with E-state index in [1.165, 1.54) is 14.0 Å². The molecule has 1 N–H and O–H groups in total. The minimum Gasteiger partial charge on any atom is -0.497 e. The lowest BCUT2D eigenvalue weighted by molar-refractivity contribution is -0.152. The number of amides is 1. The van der Waals surface area contributed by atoms with Crippen molar-refractivity contribution in [3.05, 3.63) is 53.1 Å². The predicted molar refractivity (Wildman–Crippen MR) is 98.9 cm³/mol. The number of rotatable bonds is 7. The summed E-state index contributed by atoms with van der Waals surface area (Å²) < 4.78 is 15.5. The largest absolute Gasteiger partial charge is 0.497 e. The van der Waals surface area contributed by atoms with Crippen LogP contribution in [0, 0.1) is 0 Å². The lowest BCUT2D eigenvalue weighted by atomic mass is 10.1. The number of methoxy groups -OCH3 is 2. The Kier molecular flexibility index (Phi) is 6.86. The molecule has 2 aromatic rings. The summed E-state index contributed by atoms with van der Waals surface area (Å²) >= 11 is 5.93. The Balaban J connectivity index is 1.96. The maximum Gasteiger partial charge on any atom is 0.311 e. The average Bonchev–Trinajstić information content (AvgIpc) is 2.61. The molecule has 0 aliphatic carbocycles. The molecule has 0 saturated carbocycles. The van der Waals surface area contributed by atoms with Gasteiger partial charge in [-0.25, -0.2) is 0 Å². The van der Waals surface area contributed by atoms with E-state index in [-0.39, 0.29) is 6.42 Å². The van der Waals surface area contributed by atoms with Gasteiger partial charge in [0, 0.05) is 5.02 Å². The van der Waals surface area contributed by atoms with Crippen LogP contribution in [0.5, 0.6) is 11.5 Å². The number of carbonyl (C=O) groups is 2. The SMILES string of the molecule is COc1cccc(CC(=O)O[C@@H](C)C(=O)Nc2cc(Cl)ccc2OC)c1. The molecule has 0 bridgehead atoms. The van der Waals surface area contributed by atoms with E-state index in [0.29, 0.717) is 22.2 Å². The highest BCUT2D eigenvalue weighted by Crippen LogP contribution is 2.27. The molecular formula is C19H20ClNO5. The van der Waals surface area contributed by atoms with Crippen molar-refractivity contribution in [1.82, 2.24) is 0 Å². The molecule has 1 atom stereocenters. The van der Waals surface area contributed by atoms with Crippen molar-refractivity contribution in [1.29, 1.82) is 0 Å². The highest BCUT2D eigenvalue weighted by molar-refractivity contribution is 6.31. The molecule has 0 aliphatic heterocycles. The third kappa shape index (κ3) is 5.39. The van der Waals surface area contributed by atoms with E-state index < -0.39 is 18.0 Å². The Labute approximate surface area is 157 Å². The van der Waals surface area contributed by atoms with Gasteiger partial charge < -0.3 is 19.5 Å². The Bertz CT molecular complexity index is 793. The third-order valence-corrected chi connectivity index (χ3v) is 3.81. The van der Waals surface area contributed by atoms with Gasteiger partial charge in [-0.2, -0.15) is 0 Å². The van der Waals surface area contributed by atoms with Gasteiger partial charge in [0.1, 0.15) is 11.5 Å². The zero-order valence-electron chi connectivity index (χ0n) is 14.7. The highest BCUT2D eigenvalue weighted by Gasteiger charge is 2.19. The van der Waals surface area contributed by atoms with Crippen LogP contribution in [0.4, 0.5) is 5.69 Å². The van der Waals surface area contributed by atoms with E-state index in [4.69, 9.17) is 25.8 Å². The van der Waals surface area contributed by atoms with E-state index in [9.17, 15) is 9.59 Å². The first-order chi connectivity index (χ1) is 12.4. The number of carbonyl (C=O) groups excluding carboxylic acids is 2. The summed E-state index contributed by atoms with van der Waals surface area (Å²) in [6.07, 6.45) is -0.938. The maximum absolute atomic E-state index is 12.3. The quantitative estimate of drug-likeness (QED) is 0.748. The standard InChI is InChI=1S/C19H20ClNO5/c1-12(19(23)21-16-11-14(20)7-8-17(16)25-3)26-18(22)10-13-5-4-6-15(9-13)24-2/h4-9,11-12H,10H2,1-3H3,(H,21,23)/t12-/m0/s1. The van der Waals surface area contributed by atoms with Gasteiger partial charge in [-0.05, 0) is 42.8 Å². The van der Waals surface area contributed by atoms with Gasteiger partial charge in [0.15, 0.2) is 6.10 Å². The fraction of sp³-hybridized carbons (Fsp3) is 0.263. The summed E-state index contributed by atoms with van der Waals surface area (Å²) in [5.41, 5.74) is 1.14. The second kappa shape index (κ2) is 9.10. The van der Waals surface area contributed by atoms with E-state index in [2.05, 4.69) is 5.32 Å². The van der Waals surface area contributed by atoms with Crippen LogP contribution in [0.2, 0.25) is 5.02 Å². The van der Waals surface area contributed by atoms with Crippen molar-refractivity contribution in [2.75, 3.05) is 19.5 Å². The summed E-state index contributed by atoms with van der Waals surface area (Å²) in [5.74, 6) is 0.107. The topological polar surface area (TPSA) is 73.9 Å². The van der Waals surface area contributed by atoms with Gasteiger partial charge in [-0.3, -0.25) is 9.59 Å². The van der Waals surface area contributed by atoms with Crippen molar-refractivity contribution in [3.63, 3.8) is 0 Å². The second-order valence-corrected chi connectivity index (χ2v) is 5.93. The Morgan fingerprint density at radius 2 is 1.88 bits per heavy atom. The lowest BCUT2D eigenvalue weighted by Gasteiger charge is -2.15. The average molecular weight is 378 g/mol. The van der Waals surface area contributed by atoms with Crippen molar-refractivity contribution >= 4 is 29.2 Å². The van der Waals surface area contributed by atoms with Crippen molar-refractivity contribution in [3.8, 4) is 11.5 Å². The highest BCUT2D eigenvalue weighted by atomic mass is 35.5.